The van der Waals surface area contributed by atoms with Gasteiger partial charge in [-0.3, -0.25) is 9.10 Å². The molecular weight excluding hydrogens is 376 g/mol. The normalized spacial score (nSPS) is 12.3. The highest BCUT2D eigenvalue weighted by Crippen LogP contribution is 2.24. The number of carbonyl (C=O) groups is 1. The van der Waals surface area contributed by atoms with Gasteiger partial charge in [0.05, 0.1) is 19.1 Å². The maximum absolute atomic E-state index is 13.1. The largest absolute Gasteiger partial charge is 0.497 e. The van der Waals surface area contributed by atoms with Crippen molar-refractivity contribution in [3.63, 3.8) is 0 Å². The van der Waals surface area contributed by atoms with Crippen molar-refractivity contribution in [2.75, 3.05) is 24.7 Å². The van der Waals surface area contributed by atoms with E-state index in [0.717, 1.165) is 23.1 Å². The van der Waals surface area contributed by atoms with Crippen LogP contribution in [0.5, 0.6) is 5.75 Å². The molecule has 0 unspecified atom stereocenters. The third-order valence-corrected chi connectivity index (χ3v) is 5.70. The second kappa shape index (κ2) is 9.10. The van der Waals surface area contributed by atoms with Crippen LogP contribution in [0.4, 0.5) is 5.69 Å². The summed E-state index contributed by atoms with van der Waals surface area (Å²) >= 11 is 0. The molecule has 2 rings (SSSR count). The first-order valence-electron chi connectivity index (χ1n) is 9.11. The Morgan fingerprint density at radius 2 is 1.79 bits per heavy atom. The number of carbonyl (C=O) groups excluding carboxylic acids is 1. The number of hydrogen-bond acceptors (Lipinski definition) is 4. The van der Waals surface area contributed by atoms with Crippen molar-refractivity contribution < 1.29 is 17.9 Å². The van der Waals surface area contributed by atoms with Gasteiger partial charge in [-0.15, -0.1) is 0 Å². The first kappa shape index (κ1) is 21.8. The molecule has 1 atom stereocenters. The van der Waals surface area contributed by atoms with E-state index in [1.165, 1.54) is 4.31 Å². The Morgan fingerprint density at radius 3 is 2.29 bits per heavy atom. The molecule has 2 aromatic carbocycles. The average Bonchev–Trinajstić information content (AvgIpc) is 2.65. The molecule has 0 aromatic heterocycles. The molecule has 2 aromatic rings. The van der Waals surface area contributed by atoms with Gasteiger partial charge in [-0.25, -0.2) is 8.42 Å². The second-order valence-corrected chi connectivity index (χ2v) is 8.72. The summed E-state index contributed by atoms with van der Waals surface area (Å²) in [6.07, 6.45) is 1.50. The van der Waals surface area contributed by atoms with Gasteiger partial charge in [0.1, 0.15) is 11.8 Å². The van der Waals surface area contributed by atoms with Gasteiger partial charge in [-0.1, -0.05) is 31.2 Å². The molecule has 0 heterocycles. The zero-order chi connectivity index (χ0) is 20.9. The van der Waals surface area contributed by atoms with Crippen molar-refractivity contribution in [3.8, 4) is 5.75 Å². The molecular formula is C21H28N2O4S. The van der Waals surface area contributed by atoms with Crippen molar-refractivity contribution in [1.29, 1.82) is 0 Å². The van der Waals surface area contributed by atoms with Crippen LogP contribution in [0, 0.1) is 6.92 Å². The van der Waals surface area contributed by atoms with Gasteiger partial charge in [0.25, 0.3) is 0 Å². The van der Waals surface area contributed by atoms with Crippen molar-refractivity contribution in [3.05, 3.63) is 59.7 Å². The van der Waals surface area contributed by atoms with Crippen molar-refractivity contribution in [2.24, 2.45) is 0 Å². The van der Waals surface area contributed by atoms with Crippen LogP contribution in [-0.2, 0) is 21.4 Å². The molecule has 0 aliphatic heterocycles. The Morgan fingerprint density at radius 1 is 1.14 bits per heavy atom. The van der Waals surface area contributed by atoms with Gasteiger partial charge < -0.3 is 9.64 Å². The molecule has 0 radical (unpaired) electrons. The number of aryl methyl sites for hydroxylation is 1. The molecule has 0 aliphatic carbocycles. The summed E-state index contributed by atoms with van der Waals surface area (Å²) < 4.78 is 31.5. The van der Waals surface area contributed by atoms with Crippen molar-refractivity contribution >= 4 is 21.6 Å². The Balaban J connectivity index is 2.29. The van der Waals surface area contributed by atoms with Gasteiger partial charge in [0.2, 0.25) is 15.9 Å². The van der Waals surface area contributed by atoms with Crippen LogP contribution < -0.4 is 9.04 Å². The molecule has 0 fully saturated rings. The van der Waals surface area contributed by atoms with E-state index in [2.05, 4.69) is 0 Å². The summed E-state index contributed by atoms with van der Waals surface area (Å²) in [5.41, 5.74) is 2.37. The summed E-state index contributed by atoms with van der Waals surface area (Å²) in [4.78, 5) is 14.7. The molecule has 0 aliphatic rings. The third-order valence-electron chi connectivity index (χ3n) is 4.52. The first-order valence-corrected chi connectivity index (χ1v) is 11.0. The number of anilines is 1. The van der Waals surface area contributed by atoms with Crippen molar-refractivity contribution in [2.45, 2.75) is 32.9 Å². The van der Waals surface area contributed by atoms with E-state index in [1.54, 1.807) is 37.3 Å². The van der Waals surface area contributed by atoms with E-state index in [9.17, 15) is 13.2 Å². The summed E-state index contributed by atoms with van der Waals surface area (Å²) in [5.74, 6) is 0.497. The van der Waals surface area contributed by atoms with Crippen LogP contribution >= 0.6 is 0 Å². The van der Waals surface area contributed by atoms with Gasteiger partial charge in [0.15, 0.2) is 0 Å². The zero-order valence-electron chi connectivity index (χ0n) is 17.0. The highest BCUT2D eigenvalue weighted by atomic mass is 32.2. The monoisotopic (exact) mass is 404 g/mol. The van der Waals surface area contributed by atoms with E-state index in [4.69, 9.17) is 4.74 Å². The molecule has 0 N–H and O–H groups in total. The Kier molecular flexibility index (Phi) is 7.07. The van der Waals surface area contributed by atoms with Crippen LogP contribution in [-0.4, -0.2) is 45.7 Å². The number of nitrogens with zero attached hydrogens (tertiary/aromatic N) is 2. The zero-order valence-corrected chi connectivity index (χ0v) is 17.9. The summed E-state index contributed by atoms with van der Waals surface area (Å²) in [6.45, 7) is 4.09. The quantitative estimate of drug-likeness (QED) is 0.678. The molecule has 152 valence electrons. The topological polar surface area (TPSA) is 66.9 Å². The molecule has 28 heavy (non-hydrogen) atoms. The number of sulfonamides is 1. The number of amides is 1. The van der Waals surface area contributed by atoms with E-state index in [1.807, 2.05) is 44.2 Å². The second-order valence-electron chi connectivity index (χ2n) is 6.86. The average molecular weight is 405 g/mol. The van der Waals surface area contributed by atoms with Crippen LogP contribution in [0.25, 0.3) is 0 Å². The van der Waals surface area contributed by atoms with E-state index in [0.29, 0.717) is 18.7 Å². The maximum Gasteiger partial charge on any atom is 0.246 e. The first-order chi connectivity index (χ1) is 13.2. The van der Waals surface area contributed by atoms with E-state index < -0.39 is 16.1 Å². The van der Waals surface area contributed by atoms with E-state index in [-0.39, 0.29) is 5.91 Å². The van der Waals surface area contributed by atoms with Gasteiger partial charge in [-0.2, -0.15) is 0 Å². The standard InChI is InChI=1S/C21H28N2O4S/c1-6-20(23(28(5,25)26)18-9-7-8-16(2)14-18)21(24)22(3)15-17-10-12-19(27-4)13-11-17/h7-14,20H,6,15H2,1-5H3/t20-/m1/s1. The van der Waals surface area contributed by atoms with Gasteiger partial charge in [-0.05, 0) is 48.7 Å². The molecule has 0 saturated heterocycles. The number of methoxy groups -OCH3 is 1. The van der Waals surface area contributed by atoms with Crippen LogP contribution in [0.1, 0.15) is 24.5 Å². The minimum atomic E-state index is -3.64. The third kappa shape index (κ3) is 5.25. The smallest absolute Gasteiger partial charge is 0.246 e. The molecule has 0 saturated carbocycles. The lowest BCUT2D eigenvalue weighted by Crippen LogP contribution is -2.49. The number of benzene rings is 2. The lowest BCUT2D eigenvalue weighted by molar-refractivity contribution is -0.131. The summed E-state index contributed by atoms with van der Waals surface area (Å²) in [6, 6.07) is 13.8. The maximum atomic E-state index is 13.1. The fourth-order valence-electron chi connectivity index (χ4n) is 3.15. The molecule has 1 amide bonds. The number of hydrogen-bond donors (Lipinski definition) is 0. The van der Waals surface area contributed by atoms with Gasteiger partial charge >= 0.3 is 0 Å². The summed E-state index contributed by atoms with van der Waals surface area (Å²) in [5, 5.41) is 0. The summed E-state index contributed by atoms with van der Waals surface area (Å²) in [7, 11) is -0.352. The fourth-order valence-corrected chi connectivity index (χ4v) is 4.34. The predicted octanol–water partition coefficient (Wildman–Crippen LogP) is 3.21. The molecule has 6 nitrogen and oxygen atoms in total. The number of ether oxygens (including phenoxy) is 1. The van der Waals surface area contributed by atoms with Crippen LogP contribution in [0.2, 0.25) is 0 Å². The molecule has 0 bridgehead atoms. The number of likely N-dealkylation sites (N-methyl/N-ethyl adjacent to an activating group) is 1. The van der Waals surface area contributed by atoms with E-state index >= 15 is 0 Å². The lowest BCUT2D eigenvalue weighted by atomic mass is 10.1. The Bertz CT molecular complexity index is 910. The highest BCUT2D eigenvalue weighted by molar-refractivity contribution is 7.92. The lowest BCUT2D eigenvalue weighted by Gasteiger charge is -2.33. The minimum Gasteiger partial charge on any atom is -0.497 e. The highest BCUT2D eigenvalue weighted by Gasteiger charge is 2.33. The fraction of sp³-hybridized carbons (Fsp3) is 0.381. The Labute approximate surface area is 167 Å². The van der Waals surface area contributed by atoms with Crippen LogP contribution in [0.3, 0.4) is 0 Å². The Hall–Kier alpha value is -2.54. The number of rotatable bonds is 8. The minimum absolute atomic E-state index is 0.245. The van der Waals surface area contributed by atoms with Crippen molar-refractivity contribution in [1.82, 2.24) is 4.90 Å². The van der Waals surface area contributed by atoms with Gasteiger partial charge in [0, 0.05) is 13.6 Å². The molecule has 7 heteroatoms. The SMILES string of the molecule is CC[C@H](C(=O)N(C)Cc1ccc(OC)cc1)N(c1cccc(C)c1)S(C)(=O)=O. The van der Waals surface area contributed by atoms with Crippen LogP contribution in [0.15, 0.2) is 48.5 Å². The predicted molar refractivity (Wildman–Crippen MR) is 112 cm³/mol. The molecule has 0 spiro atoms.